The third kappa shape index (κ3) is 4.66. The number of carbonyl (C=O) groups excluding carboxylic acids is 1. The SMILES string of the molecule is COC(=O)N1CCc2ccc3c(nc(C4CCCCC4)n3[C@@H](C)C[C@@H]3CCCC[C@@H]3C(=O)O)c2C1. The molecule has 5 rings (SSSR count). The molecule has 190 valence electrons. The largest absolute Gasteiger partial charge is 0.481 e. The zero-order valence-electron chi connectivity index (χ0n) is 21.2. The first-order valence-electron chi connectivity index (χ1n) is 13.6. The molecule has 1 amide bonds. The van der Waals surface area contributed by atoms with Gasteiger partial charge in [0, 0.05) is 24.1 Å². The lowest BCUT2D eigenvalue weighted by Crippen LogP contribution is -2.35. The first kappa shape index (κ1) is 24.1. The van der Waals surface area contributed by atoms with Crippen LogP contribution in [-0.2, 0) is 22.5 Å². The molecule has 35 heavy (non-hydrogen) atoms. The summed E-state index contributed by atoms with van der Waals surface area (Å²) in [6.45, 7) is 3.44. The molecular weight excluding hydrogens is 442 g/mol. The van der Waals surface area contributed by atoms with Gasteiger partial charge in [-0.1, -0.05) is 38.2 Å². The fourth-order valence-electron chi connectivity index (χ4n) is 6.97. The van der Waals surface area contributed by atoms with E-state index in [1.807, 2.05) is 0 Å². The van der Waals surface area contributed by atoms with E-state index in [-0.39, 0.29) is 24.0 Å². The van der Waals surface area contributed by atoms with Crippen LogP contribution in [-0.4, -0.2) is 45.3 Å². The van der Waals surface area contributed by atoms with Gasteiger partial charge in [-0.25, -0.2) is 9.78 Å². The van der Waals surface area contributed by atoms with Crippen molar-refractivity contribution in [3.63, 3.8) is 0 Å². The van der Waals surface area contributed by atoms with Crippen LogP contribution in [0.25, 0.3) is 11.0 Å². The summed E-state index contributed by atoms with van der Waals surface area (Å²) in [6, 6.07) is 4.61. The molecule has 3 aliphatic rings. The quantitative estimate of drug-likeness (QED) is 0.562. The van der Waals surface area contributed by atoms with Crippen molar-refractivity contribution in [1.82, 2.24) is 14.5 Å². The smallest absolute Gasteiger partial charge is 0.409 e. The molecule has 0 spiro atoms. The highest BCUT2D eigenvalue weighted by Gasteiger charge is 2.34. The number of hydrogen-bond donors (Lipinski definition) is 1. The third-order valence-corrected chi connectivity index (χ3v) is 8.81. The van der Waals surface area contributed by atoms with Crippen LogP contribution in [0.4, 0.5) is 4.79 Å². The standard InChI is InChI=1S/C28H39N3O4/c1-18(16-21-10-6-7-11-22(21)27(32)33)31-24-13-12-19-14-15-30(28(34)35-2)17-23(19)25(24)29-26(31)20-8-4-3-5-9-20/h12-13,18,20-22H,3-11,14-17H2,1-2H3,(H,32,33)/t18-,21-,22-/m0/s1. The van der Waals surface area contributed by atoms with Crippen LogP contribution in [0, 0.1) is 11.8 Å². The number of aliphatic carboxylic acids is 1. The summed E-state index contributed by atoms with van der Waals surface area (Å²) in [7, 11) is 1.44. The number of imidazole rings is 1. The summed E-state index contributed by atoms with van der Waals surface area (Å²) < 4.78 is 7.45. The number of ether oxygens (including phenoxy) is 1. The van der Waals surface area contributed by atoms with Crippen molar-refractivity contribution in [2.24, 2.45) is 11.8 Å². The minimum Gasteiger partial charge on any atom is -0.481 e. The molecule has 1 N–H and O–H groups in total. The Balaban J connectivity index is 1.55. The van der Waals surface area contributed by atoms with Crippen molar-refractivity contribution in [3.05, 3.63) is 29.1 Å². The number of hydrogen-bond acceptors (Lipinski definition) is 4. The Kier molecular flexibility index (Phi) is 7.03. The number of nitrogens with zero attached hydrogens (tertiary/aromatic N) is 3. The normalized spacial score (nSPS) is 24.2. The number of methoxy groups -OCH3 is 1. The molecule has 1 aliphatic heterocycles. The average Bonchev–Trinajstić information content (AvgIpc) is 3.29. The molecule has 2 aliphatic carbocycles. The van der Waals surface area contributed by atoms with Crippen molar-refractivity contribution in [2.45, 2.75) is 96.1 Å². The molecular formula is C28H39N3O4. The van der Waals surface area contributed by atoms with Crippen molar-refractivity contribution in [1.29, 1.82) is 0 Å². The van der Waals surface area contributed by atoms with Gasteiger partial charge in [0.15, 0.2) is 0 Å². The van der Waals surface area contributed by atoms with Gasteiger partial charge in [0.2, 0.25) is 0 Å². The van der Waals surface area contributed by atoms with E-state index < -0.39 is 5.97 Å². The van der Waals surface area contributed by atoms with Gasteiger partial charge in [0.05, 0.1) is 30.6 Å². The minimum atomic E-state index is -0.637. The Bertz CT molecular complexity index is 1090. The van der Waals surface area contributed by atoms with Crippen LogP contribution < -0.4 is 0 Å². The Morgan fingerprint density at radius 1 is 1.11 bits per heavy atom. The van der Waals surface area contributed by atoms with E-state index in [1.54, 1.807) is 4.90 Å². The van der Waals surface area contributed by atoms with Gasteiger partial charge in [-0.05, 0) is 63.0 Å². The molecule has 0 unspecified atom stereocenters. The molecule has 0 saturated heterocycles. The first-order valence-corrected chi connectivity index (χ1v) is 13.6. The predicted molar refractivity (Wildman–Crippen MR) is 134 cm³/mol. The van der Waals surface area contributed by atoms with E-state index in [2.05, 4.69) is 23.6 Å². The van der Waals surface area contributed by atoms with Gasteiger partial charge < -0.3 is 19.3 Å². The third-order valence-electron chi connectivity index (χ3n) is 8.81. The molecule has 2 saturated carbocycles. The van der Waals surface area contributed by atoms with Crippen molar-refractivity contribution < 1.29 is 19.4 Å². The number of aromatic nitrogens is 2. The zero-order valence-corrected chi connectivity index (χ0v) is 21.2. The molecule has 2 heterocycles. The average molecular weight is 482 g/mol. The summed E-state index contributed by atoms with van der Waals surface area (Å²) in [5, 5.41) is 9.84. The Morgan fingerprint density at radius 2 is 1.86 bits per heavy atom. The van der Waals surface area contributed by atoms with Crippen LogP contribution in [0.5, 0.6) is 0 Å². The van der Waals surface area contributed by atoms with Gasteiger partial charge in [-0.15, -0.1) is 0 Å². The van der Waals surface area contributed by atoms with Crippen molar-refractivity contribution >= 4 is 23.1 Å². The minimum absolute atomic E-state index is 0.181. The highest BCUT2D eigenvalue weighted by molar-refractivity contribution is 5.82. The van der Waals surface area contributed by atoms with Gasteiger partial charge in [-0.2, -0.15) is 0 Å². The number of carboxylic acid groups (broad SMARTS) is 1. The van der Waals surface area contributed by atoms with E-state index in [1.165, 1.54) is 37.8 Å². The summed E-state index contributed by atoms with van der Waals surface area (Å²) >= 11 is 0. The Labute approximate surface area is 207 Å². The summed E-state index contributed by atoms with van der Waals surface area (Å²) in [5.41, 5.74) is 4.56. The second-order valence-corrected chi connectivity index (χ2v) is 11.0. The van der Waals surface area contributed by atoms with E-state index >= 15 is 0 Å². The van der Waals surface area contributed by atoms with Crippen LogP contribution in [0.3, 0.4) is 0 Å². The van der Waals surface area contributed by atoms with E-state index in [0.29, 0.717) is 19.0 Å². The van der Waals surface area contributed by atoms with Crippen molar-refractivity contribution in [3.8, 4) is 0 Å². The molecule has 0 bridgehead atoms. The van der Waals surface area contributed by atoms with Crippen LogP contribution in [0.1, 0.15) is 100 Å². The molecule has 1 aromatic heterocycles. The fourth-order valence-corrected chi connectivity index (χ4v) is 6.97. The lowest BCUT2D eigenvalue weighted by molar-refractivity contribution is -0.145. The van der Waals surface area contributed by atoms with Gasteiger partial charge >= 0.3 is 12.1 Å². The lowest BCUT2D eigenvalue weighted by atomic mass is 9.76. The molecule has 2 fully saturated rings. The number of fused-ring (bicyclic) bond motifs is 3. The predicted octanol–water partition coefficient (Wildman–Crippen LogP) is 6.05. The van der Waals surface area contributed by atoms with Crippen LogP contribution >= 0.6 is 0 Å². The maximum atomic E-state index is 12.3. The molecule has 7 nitrogen and oxygen atoms in total. The maximum Gasteiger partial charge on any atom is 0.409 e. The van der Waals surface area contributed by atoms with Gasteiger partial charge in [0.1, 0.15) is 5.82 Å². The van der Waals surface area contributed by atoms with E-state index in [9.17, 15) is 14.7 Å². The maximum absolute atomic E-state index is 12.3. The van der Waals surface area contributed by atoms with Crippen LogP contribution in [0.2, 0.25) is 0 Å². The number of benzene rings is 1. The van der Waals surface area contributed by atoms with Gasteiger partial charge in [-0.3, -0.25) is 4.79 Å². The number of rotatable bonds is 5. The second-order valence-electron chi connectivity index (χ2n) is 11.0. The lowest BCUT2D eigenvalue weighted by Gasteiger charge is -2.32. The van der Waals surface area contributed by atoms with Crippen molar-refractivity contribution in [2.75, 3.05) is 13.7 Å². The number of carbonyl (C=O) groups is 2. The summed E-state index contributed by atoms with van der Waals surface area (Å²) in [6.07, 6.45) is 11.4. The molecule has 7 heteroatoms. The van der Waals surface area contributed by atoms with Gasteiger partial charge in [0.25, 0.3) is 0 Å². The highest BCUT2D eigenvalue weighted by Crippen LogP contribution is 2.41. The zero-order chi connectivity index (χ0) is 24.5. The Hall–Kier alpha value is -2.57. The first-order chi connectivity index (χ1) is 17.0. The molecule has 3 atom stereocenters. The van der Waals surface area contributed by atoms with E-state index in [0.717, 1.165) is 68.0 Å². The topological polar surface area (TPSA) is 84.7 Å². The van der Waals surface area contributed by atoms with E-state index in [4.69, 9.17) is 9.72 Å². The van der Waals surface area contributed by atoms with Crippen LogP contribution in [0.15, 0.2) is 12.1 Å². The fraction of sp³-hybridized carbons (Fsp3) is 0.679. The second kappa shape index (κ2) is 10.2. The summed E-state index contributed by atoms with van der Waals surface area (Å²) in [5.74, 6) is 0.942. The molecule has 0 radical (unpaired) electrons. The number of amides is 1. The monoisotopic (exact) mass is 481 g/mol. The summed E-state index contributed by atoms with van der Waals surface area (Å²) in [4.78, 5) is 31.3. The molecule has 1 aromatic carbocycles. The highest BCUT2D eigenvalue weighted by atomic mass is 16.5. The number of carboxylic acids is 1. The Morgan fingerprint density at radius 3 is 2.60 bits per heavy atom. The molecule has 2 aromatic rings.